The number of aryl methyl sites for hydroxylation is 1. The van der Waals surface area contributed by atoms with Crippen molar-refractivity contribution in [2.24, 2.45) is 0 Å². The maximum Gasteiger partial charge on any atom is 0.272 e. The van der Waals surface area contributed by atoms with E-state index in [1.165, 1.54) is 0 Å². The monoisotopic (exact) mass is 217 g/mol. The van der Waals surface area contributed by atoms with Crippen LogP contribution in [0.2, 0.25) is 0 Å². The number of hydrogen-bond donors (Lipinski definition) is 0. The first-order valence-corrected chi connectivity index (χ1v) is 5.29. The lowest BCUT2D eigenvalue weighted by Gasteiger charge is -2.18. The summed E-state index contributed by atoms with van der Waals surface area (Å²) in [6.07, 6.45) is 0.353. The summed E-state index contributed by atoms with van der Waals surface area (Å²) in [5, 5.41) is 8.50. The molecular formula is C12H15N3O. The van der Waals surface area contributed by atoms with E-state index < -0.39 is 0 Å². The van der Waals surface area contributed by atoms with Crippen molar-refractivity contribution in [2.45, 2.75) is 20.3 Å². The molecule has 0 aliphatic heterocycles. The number of amides is 1. The Bertz CT molecular complexity index is 409. The van der Waals surface area contributed by atoms with E-state index in [1.54, 1.807) is 11.0 Å². The van der Waals surface area contributed by atoms with Crippen molar-refractivity contribution >= 4 is 5.91 Å². The highest BCUT2D eigenvalue weighted by Gasteiger charge is 2.14. The van der Waals surface area contributed by atoms with Crippen molar-refractivity contribution in [3.8, 4) is 6.07 Å². The van der Waals surface area contributed by atoms with Crippen molar-refractivity contribution in [1.29, 1.82) is 5.26 Å². The van der Waals surface area contributed by atoms with Crippen LogP contribution in [-0.2, 0) is 0 Å². The van der Waals surface area contributed by atoms with E-state index in [2.05, 4.69) is 4.98 Å². The van der Waals surface area contributed by atoms with Gasteiger partial charge in [0, 0.05) is 18.8 Å². The normalized spacial score (nSPS) is 9.56. The van der Waals surface area contributed by atoms with Gasteiger partial charge in [0.05, 0.1) is 12.5 Å². The molecule has 0 saturated carbocycles. The van der Waals surface area contributed by atoms with Gasteiger partial charge in [-0.15, -0.1) is 0 Å². The average Bonchev–Trinajstić information content (AvgIpc) is 2.29. The molecule has 4 heteroatoms. The zero-order valence-electron chi connectivity index (χ0n) is 9.60. The third-order valence-corrected chi connectivity index (χ3v) is 2.27. The fraction of sp³-hybridized carbons (Fsp3) is 0.417. The van der Waals surface area contributed by atoms with Gasteiger partial charge in [-0.3, -0.25) is 4.79 Å². The summed E-state index contributed by atoms with van der Waals surface area (Å²) in [7, 11) is 0. The molecule has 0 atom stereocenters. The Kier molecular flexibility index (Phi) is 4.46. The number of nitriles is 1. The van der Waals surface area contributed by atoms with E-state index in [-0.39, 0.29) is 5.91 Å². The van der Waals surface area contributed by atoms with Crippen LogP contribution in [0.25, 0.3) is 0 Å². The Hall–Kier alpha value is -1.89. The molecule has 4 nitrogen and oxygen atoms in total. The lowest BCUT2D eigenvalue weighted by Crippen LogP contribution is -2.32. The van der Waals surface area contributed by atoms with Crippen LogP contribution in [0.3, 0.4) is 0 Å². The highest BCUT2D eigenvalue weighted by atomic mass is 16.2. The van der Waals surface area contributed by atoms with Crippen LogP contribution in [0.5, 0.6) is 0 Å². The van der Waals surface area contributed by atoms with Crippen molar-refractivity contribution < 1.29 is 4.79 Å². The minimum atomic E-state index is -0.110. The molecule has 0 N–H and O–H groups in total. The zero-order chi connectivity index (χ0) is 12.0. The molecule has 0 fully saturated rings. The van der Waals surface area contributed by atoms with Crippen LogP contribution in [0.1, 0.15) is 29.5 Å². The van der Waals surface area contributed by atoms with Crippen LogP contribution in [0, 0.1) is 18.3 Å². The van der Waals surface area contributed by atoms with Crippen LogP contribution >= 0.6 is 0 Å². The number of carbonyl (C=O) groups is 1. The third-order valence-electron chi connectivity index (χ3n) is 2.27. The molecule has 0 radical (unpaired) electrons. The first kappa shape index (κ1) is 12.2. The summed E-state index contributed by atoms with van der Waals surface area (Å²) in [6.45, 7) is 4.80. The molecule has 0 aliphatic rings. The lowest BCUT2D eigenvalue weighted by molar-refractivity contribution is 0.0761. The third kappa shape index (κ3) is 3.06. The van der Waals surface area contributed by atoms with Gasteiger partial charge in [-0.25, -0.2) is 4.98 Å². The maximum absolute atomic E-state index is 12.0. The Labute approximate surface area is 95.5 Å². The van der Waals surface area contributed by atoms with Gasteiger partial charge in [-0.1, -0.05) is 6.07 Å². The molecule has 1 amide bonds. The van der Waals surface area contributed by atoms with Crippen LogP contribution in [0.4, 0.5) is 0 Å². The molecule has 0 bridgehead atoms. The fourth-order valence-electron chi connectivity index (χ4n) is 1.41. The first-order valence-electron chi connectivity index (χ1n) is 5.29. The number of rotatable bonds is 4. The van der Waals surface area contributed by atoms with Crippen LogP contribution in [0.15, 0.2) is 18.2 Å². The second-order valence-corrected chi connectivity index (χ2v) is 3.46. The molecule has 0 aromatic carbocycles. The molecule has 84 valence electrons. The maximum atomic E-state index is 12.0. The standard InChI is InChI=1S/C12H15N3O/c1-3-15(9-5-8-13)12(16)11-7-4-6-10(2)14-11/h4,6-7H,3,5,9H2,1-2H3. The minimum Gasteiger partial charge on any atom is -0.337 e. The minimum absolute atomic E-state index is 0.110. The molecule has 0 spiro atoms. The van der Waals surface area contributed by atoms with Crippen molar-refractivity contribution in [2.75, 3.05) is 13.1 Å². The van der Waals surface area contributed by atoms with Gasteiger partial charge in [0.1, 0.15) is 5.69 Å². The van der Waals surface area contributed by atoms with Gasteiger partial charge >= 0.3 is 0 Å². The summed E-state index contributed by atoms with van der Waals surface area (Å²) in [5.41, 5.74) is 1.27. The number of hydrogen-bond acceptors (Lipinski definition) is 3. The van der Waals surface area contributed by atoms with Gasteiger partial charge in [0.15, 0.2) is 0 Å². The van der Waals surface area contributed by atoms with E-state index in [0.717, 1.165) is 5.69 Å². The van der Waals surface area contributed by atoms with Crippen LogP contribution in [-0.4, -0.2) is 28.9 Å². The first-order chi connectivity index (χ1) is 7.69. The highest BCUT2D eigenvalue weighted by molar-refractivity contribution is 5.92. The summed E-state index contributed by atoms with van der Waals surface area (Å²) >= 11 is 0. The van der Waals surface area contributed by atoms with Gasteiger partial charge in [0.25, 0.3) is 5.91 Å². The molecule has 1 aromatic rings. The Morgan fingerprint density at radius 1 is 1.56 bits per heavy atom. The Morgan fingerprint density at radius 3 is 2.88 bits per heavy atom. The zero-order valence-corrected chi connectivity index (χ0v) is 9.60. The Balaban J connectivity index is 2.79. The molecule has 16 heavy (non-hydrogen) atoms. The van der Waals surface area contributed by atoms with Gasteiger partial charge < -0.3 is 4.90 Å². The smallest absolute Gasteiger partial charge is 0.272 e. The molecule has 1 aromatic heterocycles. The largest absolute Gasteiger partial charge is 0.337 e. The number of carbonyl (C=O) groups excluding carboxylic acids is 1. The summed E-state index contributed by atoms with van der Waals surface area (Å²) in [6, 6.07) is 7.40. The second-order valence-electron chi connectivity index (χ2n) is 3.46. The highest BCUT2D eigenvalue weighted by Crippen LogP contribution is 2.04. The fourth-order valence-corrected chi connectivity index (χ4v) is 1.41. The van der Waals surface area contributed by atoms with Gasteiger partial charge in [0.2, 0.25) is 0 Å². The lowest BCUT2D eigenvalue weighted by atomic mass is 10.2. The molecule has 0 unspecified atom stereocenters. The quantitative estimate of drug-likeness (QED) is 0.772. The van der Waals surface area contributed by atoms with Crippen molar-refractivity contribution in [3.63, 3.8) is 0 Å². The molecule has 0 aliphatic carbocycles. The summed E-state index contributed by atoms with van der Waals surface area (Å²) in [4.78, 5) is 17.8. The van der Waals surface area contributed by atoms with Gasteiger partial charge in [-0.05, 0) is 26.0 Å². The summed E-state index contributed by atoms with van der Waals surface area (Å²) < 4.78 is 0. The number of pyridine rings is 1. The second kappa shape index (κ2) is 5.86. The predicted octanol–water partition coefficient (Wildman–Crippen LogP) is 1.77. The van der Waals surface area contributed by atoms with E-state index in [4.69, 9.17) is 5.26 Å². The molecule has 0 saturated heterocycles. The number of aromatic nitrogens is 1. The average molecular weight is 217 g/mol. The predicted molar refractivity (Wildman–Crippen MR) is 60.8 cm³/mol. The van der Waals surface area contributed by atoms with E-state index in [0.29, 0.717) is 25.2 Å². The number of nitrogens with zero attached hydrogens (tertiary/aromatic N) is 3. The van der Waals surface area contributed by atoms with Gasteiger partial charge in [-0.2, -0.15) is 5.26 Å². The van der Waals surface area contributed by atoms with E-state index in [1.807, 2.05) is 32.0 Å². The topological polar surface area (TPSA) is 57.0 Å². The van der Waals surface area contributed by atoms with Crippen molar-refractivity contribution in [1.82, 2.24) is 9.88 Å². The van der Waals surface area contributed by atoms with Crippen molar-refractivity contribution in [3.05, 3.63) is 29.6 Å². The Morgan fingerprint density at radius 2 is 2.31 bits per heavy atom. The van der Waals surface area contributed by atoms with Crippen LogP contribution < -0.4 is 0 Å². The molecule has 1 heterocycles. The molecular weight excluding hydrogens is 202 g/mol. The SMILES string of the molecule is CCN(CCC#N)C(=O)c1cccc(C)n1. The summed E-state index contributed by atoms with van der Waals surface area (Å²) in [5.74, 6) is -0.110. The van der Waals surface area contributed by atoms with E-state index >= 15 is 0 Å². The van der Waals surface area contributed by atoms with E-state index in [9.17, 15) is 4.79 Å². The molecule has 1 rings (SSSR count).